The van der Waals surface area contributed by atoms with Crippen LogP contribution >= 0.6 is 0 Å². The van der Waals surface area contributed by atoms with Crippen molar-refractivity contribution in [3.05, 3.63) is 35.4 Å². The van der Waals surface area contributed by atoms with Gasteiger partial charge in [0, 0.05) is 0 Å². The second kappa shape index (κ2) is 5.15. The number of methoxy groups -OCH3 is 1. The molecule has 2 heteroatoms. The fraction of sp³-hybridized carbons (Fsp3) is 0.632. The maximum atomic E-state index is 12.1. The Labute approximate surface area is 127 Å². The standard InChI is InChI=1S/C19H26O2/c1-14(2)15-4-6-16(7-5-15)18-8-11-19(12-9-18,13-10-18)17(20)21-3/h4-7,14H,8-13H2,1-3H3. The van der Waals surface area contributed by atoms with Crippen LogP contribution in [0.1, 0.15) is 69.4 Å². The van der Waals surface area contributed by atoms with E-state index in [0.717, 1.165) is 38.5 Å². The predicted octanol–water partition coefficient (Wildman–Crippen LogP) is 4.58. The molecule has 1 aromatic carbocycles. The Morgan fingerprint density at radius 1 is 1.00 bits per heavy atom. The second-order valence-electron chi connectivity index (χ2n) is 7.33. The lowest BCUT2D eigenvalue weighted by Gasteiger charge is -2.52. The smallest absolute Gasteiger partial charge is 0.311 e. The highest BCUT2D eigenvalue weighted by Gasteiger charge is 2.53. The number of esters is 1. The monoisotopic (exact) mass is 286 g/mol. The molecule has 3 aliphatic rings. The fourth-order valence-corrected chi connectivity index (χ4v) is 4.36. The van der Waals surface area contributed by atoms with Crippen LogP contribution in [0.4, 0.5) is 0 Å². The molecule has 0 heterocycles. The summed E-state index contributed by atoms with van der Waals surface area (Å²) >= 11 is 0. The zero-order valence-electron chi connectivity index (χ0n) is 13.4. The van der Waals surface area contributed by atoms with Crippen LogP contribution < -0.4 is 0 Å². The summed E-state index contributed by atoms with van der Waals surface area (Å²) in [7, 11) is 1.53. The SMILES string of the molecule is COC(=O)C12CCC(c3ccc(C(C)C)cc3)(CC1)CC2. The van der Waals surface area contributed by atoms with Crippen molar-refractivity contribution in [3.63, 3.8) is 0 Å². The Bertz CT molecular complexity index is 502. The lowest BCUT2D eigenvalue weighted by Crippen LogP contribution is -2.48. The van der Waals surface area contributed by atoms with E-state index in [1.807, 2.05) is 0 Å². The average molecular weight is 286 g/mol. The Morgan fingerprint density at radius 3 is 1.95 bits per heavy atom. The van der Waals surface area contributed by atoms with Gasteiger partial charge in [0.25, 0.3) is 0 Å². The van der Waals surface area contributed by atoms with Crippen LogP contribution in [-0.2, 0) is 14.9 Å². The number of carbonyl (C=O) groups is 1. The Kier molecular flexibility index (Phi) is 3.59. The molecule has 0 radical (unpaired) electrons. The number of ether oxygens (including phenoxy) is 1. The van der Waals surface area contributed by atoms with Crippen LogP contribution in [0.3, 0.4) is 0 Å². The minimum atomic E-state index is -0.172. The van der Waals surface area contributed by atoms with Gasteiger partial charge in [-0.2, -0.15) is 0 Å². The van der Waals surface area contributed by atoms with E-state index in [1.165, 1.54) is 18.2 Å². The topological polar surface area (TPSA) is 26.3 Å². The van der Waals surface area contributed by atoms with E-state index in [4.69, 9.17) is 4.74 Å². The van der Waals surface area contributed by atoms with Gasteiger partial charge in [-0.3, -0.25) is 4.79 Å². The maximum absolute atomic E-state index is 12.1. The molecular weight excluding hydrogens is 260 g/mol. The molecule has 0 amide bonds. The first-order valence-corrected chi connectivity index (χ1v) is 8.20. The van der Waals surface area contributed by atoms with Crippen molar-refractivity contribution in [2.24, 2.45) is 5.41 Å². The van der Waals surface area contributed by atoms with Crippen molar-refractivity contribution in [2.45, 2.75) is 63.7 Å². The van der Waals surface area contributed by atoms with Crippen molar-refractivity contribution in [1.29, 1.82) is 0 Å². The van der Waals surface area contributed by atoms with Gasteiger partial charge in [-0.1, -0.05) is 38.1 Å². The van der Waals surface area contributed by atoms with Crippen molar-refractivity contribution < 1.29 is 9.53 Å². The van der Waals surface area contributed by atoms with E-state index >= 15 is 0 Å². The molecule has 0 unspecified atom stereocenters. The number of fused-ring (bicyclic) bond motifs is 3. The molecule has 0 saturated heterocycles. The first kappa shape index (κ1) is 14.6. The highest BCUT2D eigenvalue weighted by molar-refractivity contribution is 5.77. The minimum Gasteiger partial charge on any atom is -0.469 e. The van der Waals surface area contributed by atoms with Crippen LogP contribution in [-0.4, -0.2) is 13.1 Å². The summed E-state index contributed by atoms with van der Waals surface area (Å²) in [6.45, 7) is 4.47. The van der Waals surface area contributed by atoms with Gasteiger partial charge in [0.2, 0.25) is 0 Å². The van der Waals surface area contributed by atoms with E-state index in [0.29, 0.717) is 11.3 Å². The third-order valence-corrected chi connectivity index (χ3v) is 6.05. The van der Waals surface area contributed by atoms with E-state index < -0.39 is 0 Å². The van der Waals surface area contributed by atoms with Gasteiger partial charge in [0.1, 0.15) is 0 Å². The van der Waals surface area contributed by atoms with E-state index in [9.17, 15) is 4.79 Å². The van der Waals surface area contributed by atoms with Gasteiger partial charge < -0.3 is 4.74 Å². The number of hydrogen-bond donors (Lipinski definition) is 0. The van der Waals surface area contributed by atoms with E-state index in [2.05, 4.69) is 38.1 Å². The van der Waals surface area contributed by atoms with Crippen molar-refractivity contribution in [2.75, 3.05) is 7.11 Å². The Hall–Kier alpha value is -1.31. The molecule has 0 aromatic heterocycles. The molecule has 1 aromatic rings. The van der Waals surface area contributed by atoms with Gasteiger partial charge in [-0.15, -0.1) is 0 Å². The lowest BCUT2D eigenvalue weighted by atomic mass is 9.52. The molecule has 0 spiro atoms. The largest absolute Gasteiger partial charge is 0.469 e. The molecule has 3 aliphatic carbocycles. The van der Waals surface area contributed by atoms with Crippen LogP contribution in [0.5, 0.6) is 0 Å². The Morgan fingerprint density at radius 2 is 1.52 bits per heavy atom. The van der Waals surface area contributed by atoms with Gasteiger partial charge in [-0.05, 0) is 61.0 Å². The molecule has 3 fully saturated rings. The molecule has 0 N–H and O–H groups in total. The zero-order chi connectivity index (χ0) is 15.1. The first-order chi connectivity index (χ1) is 10.0. The van der Waals surface area contributed by atoms with Crippen molar-refractivity contribution in [1.82, 2.24) is 0 Å². The molecule has 114 valence electrons. The number of hydrogen-bond acceptors (Lipinski definition) is 2. The van der Waals surface area contributed by atoms with Gasteiger partial charge in [0.05, 0.1) is 12.5 Å². The van der Waals surface area contributed by atoms with Crippen LogP contribution in [0.2, 0.25) is 0 Å². The predicted molar refractivity (Wildman–Crippen MR) is 84.4 cm³/mol. The van der Waals surface area contributed by atoms with Crippen molar-refractivity contribution >= 4 is 5.97 Å². The first-order valence-electron chi connectivity index (χ1n) is 8.20. The van der Waals surface area contributed by atoms with Crippen LogP contribution in [0.25, 0.3) is 0 Å². The summed E-state index contributed by atoms with van der Waals surface area (Å²) in [5, 5.41) is 0. The second-order valence-corrected chi connectivity index (χ2v) is 7.33. The third-order valence-electron chi connectivity index (χ3n) is 6.05. The molecular formula is C19H26O2. The molecule has 21 heavy (non-hydrogen) atoms. The molecule has 2 bridgehead atoms. The molecule has 3 saturated carbocycles. The molecule has 2 nitrogen and oxygen atoms in total. The van der Waals surface area contributed by atoms with E-state index in [-0.39, 0.29) is 11.4 Å². The summed E-state index contributed by atoms with van der Waals surface area (Å²) in [5.41, 5.74) is 3.02. The quantitative estimate of drug-likeness (QED) is 0.760. The normalized spacial score (nSPS) is 31.4. The van der Waals surface area contributed by atoms with Gasteiger partial charge in [-0.25, -0.2) is 0 Å². The van der Waals surface area contributed by atoms with Crippen molar-refractivity contribution in [3.8, 4) is 0 Å². The lowest BCUT2D eigenvalue weighted by molar-refractivity contribution is -0.160. The Balaban J connectivity index is 1.81. The number of carbonyl (C=O) groups excluding carboxylic acids is 1. The fourth-order valence-electron chi connectivity index (χ4n) is 4.36. The summed E-state index contributed by atoms with van der Waals surface area (Å²) in [4.78, 5) is 12.1. The summed E-state index contributed by atoms with van der Waals surface area (Å²) in [6, 6.07) is 9.22. The molecule has 0 aliphatic heterocycles. The average Bonchev–Trinajstić information content (AvgIpc) is 2.55. The third kappa shape index (κ3) is 2.29. The minimum absolute atomic E-state index is 0.0194. The molecule has 0 atom stereocenters. The number of benzene rings is 1. The summed E-state index contributed by atoms with van der Waals surface area (Å²) in [5.74, 6) is 0.604. The van der Waals surface area contributed by atoms with Crippen LogP contribution in [0.15, 0.2) is 24.3 Å². The van der Waals surface area contributed by atoms with E-state index in [1.54, 1.807) is 0 Å². The van der Waals surface area contributed by atoms with Gasteiger partial charge in [0.15, 0.2) is 0 Å². The summed E-state index contributed by atoms with van der Waals surface area (Å²) in [6.07, 6.45) is 6.36. The highest BCUT2D eigenvalue weighted by Crippen LogP contribution is 2.58. The van der Waals surface area contributed by atoms with Crippen LogP contribution in [0, 0.1) is 5.41 Å². The molecule has 4 rings (SSSR count). The number of rotatable bonds is 3. The highest BCUT2D eigenvalue weighted by atomic mass is 16.5. The zero-order valence-corrected chi connectivity index (χ0v) is 13.4. The maximum Gasteiger partial charge on any atom is 0.311 e. The summed E-state index contributed by atoms with van der Waals surface area (Å²) < 4.78 is 5.05. The van der Waals surface area contributed by atoms with Gasteiger partial charge >= 0.3 is 5.97 Å².